The fourth-order valence-corrected chi connectivity index (χ4v) is 8.53. The summed E-state index contributed by atoms with van der Waals surface area (Å²) in [6.45, 7) is 55.8. The number of allylic oxidation sites excluding steroid dienone is 4. The fraction of sp³-hybridized carbons (Fsp3) is 0.529. The van der Waals surface area contributed by atoms with E-state index in [1.165, 1.54) is 70.2 Å². The molecule has 0 saturated carbocycles. The van der Waals surface area contributed by atoms with E-state index in [1.54, 1.807) is 0 Å². The van der Waals surface area contributed by atoms with Gasteiger partial charge in [-0.1, -0.05) is 265 Å². The van der Waals surface area contributed by atoms with E-state index in [0.717, 1.165) is 58.4 Å². The number of rotatable bonds is 20. The van der Waals surface area contributed by atoms with E-state index in [-0.39, 0.29) is 34.7 Å². The molecular weight excluding hydrogens is 977 g/mol. The van der Waals surface area contributed by atoms with Gasteiger partial charge in [-0.05, 0) is 83.4 Å². The first-order valence-electron chi connectivity index (χ1n) is 27.9. The van der Waals surface area contributed by atoms with E-state index < -0.39 is 0 Å². The van der Waals surface area contributed by atoms with E-state index >= 15 is 0 Å². The van der Waals surface area contributed by atoms with Gasteiger partial charge in [0.25, 0.3) is 0 Å². The van der Waals surface area contributed by atoms with E-state index in [4.69, 9.17) is 20.6 Å². The van der Waals surface area contributed by atoms with Gasteiger partial charge in [0, 0.05) is 11.4 Å². The third-order valence-electron chi connectivity index (χ3n) is 12.6. The molecule has 4 aromatic rings. The third-order valence-corrected chi connectivity index (χ3v) is 12.6. The van der Waals surface area contributed by atoms with Crippen LogP contribution >= 0.6 is 0 Å². The summed E-state index contributed by atoms with van der Waals surface area (Å²) in [5, 5.41) is 10.2. The molecule has 0 unspecified atom stereocenters. The Morgan fingerprint density at radius 3 is 0.770 bits per heavy atom. The van der Waals surface area contributed by atoms with Crippen LogP contribution in [0.1, 0.15) is 283 Å². The minimum atomic E-state index is 0. The molecule has 0 spiro atoms. The maximum atomic E-state index is 5.08. The quantitative estimate of drug-likeness (QED) is 0.0626. The molecule has 0 N–H and O–H groups in total. The minimum Gasteiger partial charge on any atom is -0.661 e. The predicted octanol–water partition coefficient (Wildman–Crippen LogP) is 23.8. The van der Waals surface area contributed by atoms with Crippen molar-refractivity contribution in [2.24, 2.45) is 9.98 Å². The molecule has 408 valence electrons. The van der Waals surface area contributed by atoms with Crippen LogP contribution in [0.2, 0.25) is 0 Å². The monoisotopic (exact) mass is 1080 g/mol. The molecule has 4 aromatic carbocycles. The van der Waals surface area contributed by atoms with Gasteiger partial charge < -0.3 is 24.5 Å². The van der Waals surface area contributed by atoms with Crippen molar-refractivity contribution in [3.05, 3.63) is 165 Å². The van der Waals surface area contributed by atoms with Gasteiger partial charge in [0.05, 0.1) is 11.4 Å². The van der Waals surface area contributed by atoms with Gasteiger partial charge in [-0.25, -0.2) is 0 Å². The van der Waals surface area contributed by atoms with Gasteiger partial charge >= 0.3 is 34.7 Å². The Kier molecular flexibility index (Phi) is 37.2. The van der Waals surface area contributed by atoms with Crippen LogP contribution in [0.25, 0.3) is 10.6 Å². The zero-order valence-corrected chi connectivity index (χ0v) is 53.5. The first kappa shape index (κ1) is 72.4. The zero-order chi connectivity index (χ0) is 54.8. The van der Waals surface area contributed by atoms with Crippen molar-refractivity contribution in [1.29, 1.82) is 0 Å². The van der Waals surface area contributed by atoms with Crippen molar-refractivity contribution in [3.63, 3.8) is 0 Å². The zero-order valence-electron chi connectivity index (χ0n) is 51.0. The van der Waals surface area contributed by atoms with Crippen LogP contribution in [0.15, 0.2) is 106 Å². The minimum absolute atomic E-state index is 0. The van der Waals surface area contributed by atoms with Crippen molar-refractivity contribution in [2.75, 3.05) is 0 Å². The molecule has 0 saturated heterocycles. The van der Waals surface area contributed by atoms with Gasteiger partial charge in [-0.15, -0.1) is 17.8 Å². The van der Waals surface area contributed by atoms with E-state index in [0.29, 0.717) is 47.3 Å². The summed E-state index contributed by atoms with van der Waals surface area (Å²) in [6, 6.07) is 26.3. The van der Waals surface area contributed by atoms with Crippen LogP contribution < -0.4 is 0 Å². The third kappa shape index (κ3) is 24.6. The van der Waals surface area contributed by atoms with Gasteiger partial charge in [-0.3, -0.25) is 9.98 Å². The Bertz CT molecular complexity index is 2050. The second kappa shape index (κ2) is 38.0. The summed E-state index contributed by atoms with van der Waals surface area (Å²) in [6.07, 6.45) is 11.5. The summed E-state index contributed by atoms with van der Waals surface area (Å²) in [5.74, 6) is 3.49. The van der Waals surface area contributed by atoms with Crippen molar-refractivity contribution < 1.29 is 34.7 Å². The Labute approximate surface area is 479 Å². The largest absolute Gasteiger partial charge is 2.00 e. The summed E-state index contributed by atoms with van der Waals surface area (Å²) in [5.41, 5.74) is 18.9. The van der Waals surface area contributed by atoms with Gasteiger partial charge in [0.1, 0.15) is 0 Å². The topological polar surface area (TPSA) is 52.9 Å². The molecule has 6 heteroatoms. The van der Waals surface area contributed by atoms with Crippen LogP contribution in [-0.2, 0) is 34.7 Å². The molecule has 0 bridgehead atoms. The van der Waals surface area contributed by atoms with Crippen LogP contribution in [0.3, 0.4) is 0 Å². The van der Waals surface area contributed by atoms with Crippen molar-refractivity contribution in [2.45, 2.75) is 238 Å². The molecule has 0 heterocycles. The molecule has 4 rings (SSSR count). The first-order valence-corrected chi connectivity index (χ1v) is 27.9. The molecule has 4 nitrogen and oxygen atoms in total. The number of benzene rings is 4. The molecule has 0 aliphatic rings. The predicted molar refractivity (Wildman–Crippen MR) is 327 cm³/mol. The normalized spacial score (nSPS) is 12.1. The summed E-state index contributed by atoms with van der Waals surface area (Å²) < 4.78 is 0. The Morgan fingerprint density at radius 2 is 0.608 bits per heavy atom. The Balaban J connectivity index is 0. The van der Waals surface area contributed by atoms with Crippen molar-refractivity contribution in [1.82, 2.24) is 0 Å². The maximum Gasteiger partial charge on any atom is 2.00 e. The Hall–Kier alpha value is -3.64. The second-order valence-electron chi connectivity index (χ2n) is 22.1. The van der Waals surface area contributed by atoms with Crippen LogP contribution in [0.5, 0.6) is 0 Å². The second-order valence-corrected chi connectivity index (χ2v) is 22.1. The molecule has 0 aliphatic heterocycles. The maximum absolute atomic E-state index is 5.08. The van der Waals surface area contributed by atoms with Crippen LogP contribution in [0, 0.1) is 13.8 Å². The fourth-order valence-electron chi connectivity index (χ4n) is 8.53. The van der Waals surface area contributed by atoms with E-state index in [9.17, 15) is 0 Å². The summed E-state index contributed by atoms with van der Waals surface area (Å²) in [7, 11) is 0. The van der Waals surface area contributed by atoms with Crippen molar-refractivity contribution in [3.8, 4) is 0 Å². The summed E-state index contributed by atoms with van der Waals surface area (Å²) in [4.78, 5) is 10.2. The number of hydrogen-bond donors (Lipinski definition) is 0. The smallest absolute Gasteiger partial charge is 0.661 e. The van der Waals surface area contributed by atoms with Crippen LogP contribution in [0.4, 0.5) is 22.7 Å². The van der Waals surface area contributed by atoms with Gasteiger partial charge in [-0.2, -0.15) is 24.2 Å². The van der Waals surface area contributed by atoms with E-state index in [2.05, 4.69) is 251 Å². The molecule has 74 heavy (non-hydrogen) atoms. The van der Waals surface area contributed by atoms with Crippen molar-refractivity contribution >= 4 is 34.2 Å². The van der Waals surface area contributed by atoms with Gasteiger partial charge in [0.15, 0.2) is 0 Å². The molecule has 0 radical (unpaired) electrons. The van der Waals surface area contributed by atoms with E-state index in [1.807, 2.05) is 0 Å². The number of aliphatic imine (C=N–C) groups is 2. The number of nitrogens with zero attached hydrogens (tertiary/aromatic N) is 4. The molecule has 0 aromatic heterocycles. The average Bonchev–Trinajstić information content (AvgIpc) is 3.29. The molecular formula is C68H104Cr2N4. The molecule has 0 aliphatic carbocycles. The number of hydrogen-bond acceptors (Lipinski definition) is 2. The molecule has 0 atom stereocenters. The number of para-hydroxylation sites is 4. The average molecular weight is 1080 g/mol. The van der Waals surface area contributed by atoms with Crippen LogP contribution in [-0.4, -0.2) is 11.4 Å². The molecule has 0 amide bonds. The number of unbranched alkanes of at least 4 members (excludes halogenated alkanes) is 4. The summed E-state index contributed by atoms with van der Waals surface area (Å²) >= 11 is 0. The standard InChI is InChI=1S/2C29H41N2.C5H12.C5H10.2Cr/c2*1-18(2)24-13-11-14-25(19(3)4)28(24)30-22(9)17-23(10)31-29-26(20(5)6)15-12-16-27(29)21(7)8;2*1-3-5-4-2;;/h2*11-21H,1-10H3;3-5H2,1-2H3;1-5H2;;/q2*-1;;-2;2*+2/b2*22-17-,31-23?;;;;. The first-order chi connectivity index (χ1) is 33.9. The Morgan fingerprint density at radius 1 is 0.392 bits per heavy atom. The van der Waals surface area contributed by atoms with Gasteiger partial charge in [0.2, 0.25) is 0 Å². The molecule has 0 fully saturated rings. The SMILES string of the molecule is CC(/C=C(/C)[N-]c1c(C(C)C)cccc1C(C)C)=Nc1c(C(C)C)cccc1C(C)C.CC(/C=C(/C)[N-]c1c(C(C)C)cccc1C(C)C)=Nc1c(C(C)C)cccc1C(C)C.CCCCC.[CH2-]CCC[CH2-].[Cr+2].[Cr+2].